The van der Waals surface area contributed by atoms with E-state index in [2.05, 4.69) is 49.4 Å². The summed E-state index contributed by atoms with van der Waals surface area (Å²) in [5.41, 5.74) is 1.21. The SMILES string of the molecule is CC.CC(C)=O.COCC1OC(Cc2ccccc2)C(OC)C(OC)C1OC.II. The van der Waals surface area contributed by atoms with Crippen molar-refractivity contribution in [3.8, 4) is 0 Å². The number of carbonyl (C=O) groups excluding carboxylic acids is 1. The average Bonchev–Trinajstić information content (AvgIpc) is 2.76. The van der Waals surface area contributed by atoms with Gasteiger partial charge in [-0.25, -0.2) is 0 Å². The standard InChI is InChI=1S/C17H26O5.C3H6O.C2H6.I2/c1-18-11-14-16(20-3)17(21-4)15(19-2)13(22-14)10-12-8-6-5-7-9-12;1-3(2)4;2*1-2/h5-9,13-17H,10-11H2,1-4H3;1-2H3;1-2H3;. The molecule has 0 saturated carbocycles. The fraction of sp³-hybridized carbons (Fsp3) is 0.682. The van der Waals surface area contributed by atoms with Gasteiger partial charge in [0.25, 0.3) is 0 Å². The Balaban J connectivity index is 0. The van der Waals surface area contributed by atoms with Crippen molar-refractivity contribution >= 4 is 43.0 Å². The number of methoxy groups -OCH3 is 4. The summed E-state index contributed by atoms with van der Waals surface area (Å²) in [4.78, 5) is 9.44. The summed E-state index contributed by atoms with van der Waals surface area (Å²) in [5, 5.41) is 0. The summed E-state index contributed by atoms with van der Waals surface area (Å²) >= 11 is 4.24. The molecule has 0 aromatic heterocycles. The van der Waals surface area contributed by atoms with Crippen LogP contribution in [0.1, 0.15) is 33.3 Å². The first-order valence-electron chi connectivity index (χ1n) is 9.86. The lowest BCUT2D eigenvalue weighted by atomic mass is 9.91. The Morgan fingerprint density at radius 3 is 1.70 bits per heavy atom. The molecule has 0 N–H and O–H groups in total. The van der Waals surface area contributed by atoms with Gasteiger partial charge in [0.15, 0.2) is 0 Å². The first-order valence-corrected chi connectivity index (χ1v) is 16.1. The van der Waals surface area contributed by atoms with Crippen LogP contribution in [-0.2, 0) is 34.9 Å². The van der Waals surface area contributed by atoms with Gasteiger partial charge in [-0.15, -0.1) is 0 Å². The van der Waals surface area contributed by atoms with Crippen molar-refractivity contribution in [2.45, 2.75) is 64.6 Å². The number of ether oxygens (including phenoxy) is 5. The number of carbonyl (C=O) groups is 1. The van der Waals surface area contributed by atoms with E-state index in [-0.39, 0.29) is 36.3 Å². The summed E-state index contributed by atoms with van der Waals surface area (Å²) in [5.74, 6) is 0.167. The molecular formula is C22H38I2O6. The zero-order valence-corrected chi connectivity index (χ0v) is 23.7. The molecule has 0 radical (unpaired) electrons. The van der Waals surface area contributed by atoms with E-state index in [1.165, 1.54) is 19.4 Å². The Kier molecular flexibility index (Phi) is 22.7. The van der Waals surface area contributed by atoms with E-state index in [0.717, 1.165) is 6.42 Å². The highest BCUT2D eigenvalue weighted by molar-refractivity contribution is 15.0. The van der Waals surface area contributed by atoms with Crippen molar-refractivity contribution < 1.29 is 28.5 Å². The minimum absolute atomic E-state index is 0.108. The zero-order chi connectivity index (χ0) is 23.5. The molecule has 0 bridgehead atoms. The third kappa shape index (κ3) is 12.3. The zero-order valence-electron chi connectivity index (χ0n) is 19.4. The molecule has 1 aromatic carbocycles. The van der Waals surface area contributed by atoms with Gasteiger partial charge in [0.05, 0.1) is 12.7 Å². The Morgan fingerprint density at radius 1 is 0.867 bits per heavy atom. The van der Waals surface area contributed by atoms with E-state index in [0.29, 0.717) is 6.61 Å². The second-order valence-corrected chi connectivity index (χ2v) is 6.37. The van der Waals surface area contributed by atoms with Crippen LogP contribution in [0.25, 0.3) is 0 Å². The molecule has 8 heteroatoms. The third-order valence-corrected chi connectivity index (χ3v) is 4.16. The lowest BCUT2D eigenvalue weighted by Gasteiger charge is -2.45. The van der Waals surface area contributed by atoms with Gasteiger partial charge < -0.3 is 28.5 Å². The van der Waals surface area contributed by atoms with Crippen molar-refractivity contribution in [2.24, 2.45) is 0 Å². The van der Waals surface area contributed by atoms with Gasteiger partial charge in [-0.05, 0) is 19.4 Å². The van der Waals surface area contributed by atoms with Crippen molar-refractivity contribution in [3.05, 3.63) is 35.9 Å². The first kappa shape index (κ1) is 32.3. The molecular weight excluding hydrogens is 614 g/mol. The highest BCUT2D eigenvalue weighted by Gasteiger charge is 2.46. The molecule has 1 saturated heterocycles. The average molecular weight is 652 g/mol. The molecule has 0 aliphatic carbocycles. The smallest absolute Gasteiger partial charge is 0.126 e. The summed E-state index contributed by atoms with van der Waals surface area (Å²) in [6.07, 6.45) is -0.137. The van der Waals surface area contributed by atoms with Gasteiger partial charge in [0.1, 0.15) is 30.2 Å². The van der Waals surface area contributed by atoms with Gasteiger partial charge in [-0.1, -0.05) is 44.2 Å². The Bertz CT molecular complexity index is 514. The van der Waals surface area contributed by atoms with Crippen LogP contribution < -0.4 is 0 Å². The molecule has 2 rings (SSSR count). The van der Waals surface area contributed by atoms with Crippen molar-refractivity contribution in [2.75, 3.05) is 35.0 Å². The molecule has 1 aliphatic rings. The molecule has 1 heterocycles. The minimum atomic E-state index is -0.220. The monoisotopic (exact) mass is 652 g/mol. The molecule has 1 fully saturated rings. The molecule has 5 unspecified atom stereocenters. The molecule has 5 atom stereocenters. The van der Waals surface area contributed by atoms with Crippen molar-refractivity contribution in [1.82, 2.24) is 0 Å². The Labute approximate surface area is 206 Å². The van der Waals surface area contributed by atoms with Gasteiger partial charge in [-0.2, -0.15) is 0 Å². The number of Topliss-reactive ketones (excluding diaryl/α,β-unsaturated/α-hetero) is 1. The van der Waals surface area contributed by atoms with Crippen LogP contribution >= 0.6 is 37.2 Å². The second kappa shape index (κ2) is 21.0. The normalized spacial score (nSPS) is 24.8. The van der Waals surface area contributed by atoms with E-state index < -0.39 is 0 Å². The fourth-order valence-electron chi connectivity index (χ4n) is 3.14. The van der Waals surface area contributed by atoms with Crippen LogP contribution in [0.5, 0.6) is 0 Å². The summed E-state index contributed by atoms with van der Waals surface area (Å²) < 4.78 is 28.4. The first-order chi connectivity index (χ1) is 14.5. The quantitative estimate of drug-likeness (QED) is 0.384. The highest BCUT2D eigenvalue weighted by Crippen LogP contribution is 2.29. The lowest BCUT2D eigenvalue weighted by molar-refractivity contribution is -0.249. The summed E-state index contributed by atoms with van der Waals surface area (Å²) in [7, 11) is 6.68. The number of hydrogen-bond acceptors (Lipinski definition) is 6. The van der Waals surface area contributed by atoms with E-state index in [1.54, 1.807) is 28.4 Å². The fourth-order valence-corrected chi connectivity index (χ4v) is 3.14. The van der Waals surface area contributed by atoms with Crippen LogP contribution in [0.4, 0.5) is 0 Å². The number of ketones is 1. The van der Waals surface area contributed by atoms with Crippen LogP contribution in [-0.4, -0.2) is 71.3 Å². The second-order valence-electron chi connectivity index (χ2n) is 6.37. The van der Waals surface area contributed by atoms with Gasteiger partial charge in [0.2, 0.25) is 0 Å². The number of hydrogen-bond donors (Lipinski definition) is 0. The number of halogens is 2. The van der Waals surface area contributed by atoms with E-state index >= 15 is 0 Å². The lowest BCUT2D eigenvalue weighted by Crippen LogP contribution is -2.61. The Morgan fingerprint density at radius 2 is 1.30 bits per heavy atom. The van der Waals surface area contributed by atoms with Crippen molar-refractivity contribution in [3.63, 3.8) is 0 Å². The maximum absolute atomic E-state index is 9.44. The molecule has 176 valence electrons. The topological polar surface area (TPSA) is 63.2 Å². The Hall–Kier alpha value is 0.150. The summed E-state index contributed by atoms with van der Waals surface area (Å²) in [6, 6.07) is 10.2. The van der Waals surface area contributed by atoms with E-state index in [9.17, 15) is 4.79 Å². The molecule has 1 aliphatic heterocycles. The van der Waals surface area contributed by atoms with Crippen LogP contribution in [0.15, 0.2) is 30.3 Å². The van der Waals surface area contributed by atoms with E-state index in [1.807, 2.05) is 32.0 Å². The van der Waals surface area contributed by atoms with Crippen molar-refractivity contribution in [1.29, 1.82) is 0 Å². The largest absolute Gasteiger partial charge is 0.382 e. The molecule has 0 amide bonds. The van der Waals surface area contributed by atoms with Gasteiger partial charge in [-0.3, -0.25) is 0 Å². The molecule has 1 aromatic rings. The molecule has 30 heavy (non-hydrogen) atoms. The number of rotatable bonds is 7. The summed E-state index contributed by atoms with van der Waals surface area (Å²) in [6.45, 7) is 7.51. The predicted molar refractivity (Wildman–Crippen MR) is 139 cm³/mol. The maximum atomic E-state index is 9.44. The third-order valence-electron chi connectivity index (χ3n) is 4.16. The van der Waals surface area contributed by atoms with Gasteiger partial charge >= 0.3 is 0 Å². The molecule has 0 spiro atoms. The van der Waals surface area contributed by atoms with Crippen LogP contribution in [0.2, 0.25) is 0 Å². The van der Waals surface area contributed by atoms with E-state index in [4.69, 9.17) is 23.7 Å². The predicted octanol–water partition coefficient (Wildman–Crippen LogP) is 5.08. The van der Waals surface area contributed by atoms with Gasteiger partial charge in [0, 0.05) is 72.1 Å². The van der Waals surface area contributed by atoms with Crippen LogP contribution in [0, 0.1) is 0 Å². The highest BCUT2D eigenvalue weighted by atomic mass is 128. The molecule has 6 nitrogen and oxygen atoms in total. The maximum Gasteiger partial charge on any atom is 0.126 e. The minimum Gasteiger partial charge on any atom is -0.382 e. The van der Waals surface area contributed by atoms with Crippen LogP contribution in [0.3, 0.4) is 0 Å². The number of benzene rings is 1.